The van der Waals surface area contributed by atoms with Gasteiger partial charge in [-0.05, 0) is 31.0 Å². The molecule has 0 unspecified atom stereocenters. The van der Waals surface area contributed by atoms with E-state index in [-0.39, 0.29) is 11.4 Å². The molecule has 1 aliphatic heterocycles. The van der Waals surface area contributed by atoms with Crippen molar-refractivity contribution in [1.82, 2.24) is 0 Å². The number of benzene rings is 1. The van der Waals surface area contributed by atoms with Gasteiger partial charge in [0.1, 0.15) is 5.75 Å². The Hall–Kier alpha value is -1.31. The lowest BCUT2D eigenvalue weighted by Gasteiger charge is -2.32. The summed E-state index contributed by atoms with van der Waals surface area (Å²) >= 11 is 0. The van der Waals surface area contributed by atoms with Crippen LogP contribution in [-0.4, -0.2) is 5.97 Å². The Morgan fingerprint density at radius 2 is 1.76 bits per heavy atom. The van der Waals surface area contributed by atoms with Crippen LogP contribution in [0, 0.1) is 13.8 Å². The first kappa shape index (κ1) is 13.8. The van der Waals surface area contributed by atoms with Gasteiger partial charge in [-0.15, -0.1) is 0 Å². The molecule has 94 valence electrons. The molecule has 2 nitrogen and oxygen atoms in total. The van der Waals surface area contributed by atoms with E-state index in [1.54, 1.807) is 0 Å². The summed E-state index contributed by atoms with van der Waals surface area (Å²) in [6, 6.07) is 4.08. The van der Waals surface area contributed by atoms with E-state index < -0.39 is 0 Å². The van der Waals surface area contributed by atoms with Gasteiger partial charge in [-0.25, -0.2) is 0 Å². The van der Waals surface area contributed by atoms with Crippen LogP contribution in [0.2, 0.25) is 0 Å². The van der Waals surface area contributed by atoms with Crippen LogP contribution in [0.25, 0.3) is 0 Å². The molecule has 1 heterocycles. The van der Waals surface area contributed by atoms with Gasteiger partial charge in [0.2, 0.25) is 0 Å². The van der Waals surface area contributed by atoms with E-state index in [2.05, 4.69) is 26.8 Å². The minimum Gasteiger partial charge on any atom is -0.426 e. The Morgan fingerprint density at radius 1 is 1.18 bits per heavy atom. The van der Waals surface area contributed by atoms with Crippen LogP contribution < -0.4 is 4.74 Å². The molecule has 1 aromatic rings. The standard InChI is InChI=1S/C13H16O2.C2H6/c1-8-5-9(2)12-10(6-8)15-11(14)7-13(12,3)4;1-2/h5-6H,7H2,1-4H3;1-2H3. The van der Waals surface area contributed by atoms with E-state index in [9.17, 15) is 4.79 Å². The first-order valence-corrected chi connectivity index (χ1v) is 6.22. The molecule has 0 aliphatic carbocycles. The number of hydrogen-bond acceptors (Lipinski definition) is 2. The maximum absolute atomic E-state index is 11.4. The van der Waals surface area contributed by atoms with Crippen molar-refractivity contribution in [3.8, 4) is 5.75 Å². The molecule has 0 bridgehead atoms. The minimum absolute atomic E-state index is 0.109. The summed E-state index contributed by atoms with van der Waals surface area (Å²) in [6.07, 6.45) is 0.462. The lowest BCUT2D eigenvalue weighted by atomic mass is 9.77. The van der Waals surface area contributed by atoms with Crippen LogP contribution in [0.5, 0.6) is 5.75 Å². The van der Waals surface area contributed by atoms with E-state index in [0.29, 0.717) is 6.42 Å². The minimum atomic E-state index is -0.127. The maximum Gasteiger partial charge on any atom is 0.312 e. The Morgan fingerprint density at radius 3 is 2.35 bits per heavy atom. The Labute approximate surface area is 104 Å². The number of ether oxygens (including phenoxy) is 1. The molecule has 1 aliphatic rings. The molecule has 0 aromatic heterocycles. The smallest absolute Gasteiger partial charge is 0.312 e. The topological polar surface area (TPSA) is 26.3 Å². The van der Waals surface area contributed by atoms with Crippen molar-refractivity contribution in [1.29, 1.82) is 0 Å². The molecule has 0 amide bonds. The van der Waals surface area contributed by atoms with Crippen LogP contribution in [0.3, 0.4) is 0 Å². The van der Waals surface area contributed by atoms with E-state index in [1.165, 1.54) is 11.1 Å². The molecule has 0 saturated heterocycles. The highest BCUT2D eigenvalue weighted by Crippen LogP contribution is 2.41. The second kappa shape index (κ2) is 4.91. The Bertz CT molecular complexity index is 431. The first-order valence-electron chi connectivity index (χ1n) is 6.22. The summed E-state index contributed by atoms with van der Waals surface area (Å²) in [5, 5.41) is 0. The predicted molar refractivity (Wildman–Crippen MR) is 70.5 cm³/mol. The Kier molecular flexibility index (Phi) is 3.97. The van der Waals surface area contributed by atoms with Gasteiger partial charge in [-0.2, -0.15) is 0 Å². The average Bonchev–Trinajstić information content (AvgIpc) is 2.16. The van der Waals surface area contributed by atoms with Crippen molar-refractivity contribution in [2.24, 2.45) is 0 Å². The molecule has 2 rings (SSSR count). The fraction of sp³-hybridized carbons (Fsp3) is 0.533. The SMILES string of the molecule is CC.Cc1cc(C)c2c(c1)OC(=O)CC2(C)C. The molecule has 17 heavy (non-hydrogen) atoms. The summed E-state index contributed by atoms with van der Waals surface area (Å²) in [4.78, 5) is 11.4. The van der Waals surface area contributed by atoms with Crippen LogP contribution in [0.1, 0.15) is 50.8 Å². The van der Waals surface area contributed by atoms with Crippen LogP contribution in [-0.2, 0) is 10.2 Å². The van der Waals surface area contributed by atoms with Gasteiger partial charge in [0.25, 0.3) is 0 Å². The summed E-state index contributed by atoms with van der Waals surface area (Å²) in [6.45, 7) is 12.3. The molecule has 0 fully saturated rings. The number of carbonyl (C=O) groups is 1. The van der Waals surface area contributed by atoms with Gasteiger partial charge in [-0.1, -0.05) is 33.8 Å². The zero-order valence-corrected chi connectivity index (χ0v) is 11.7. The van der Waals surface area contributed by atoms with Crippen molar-refractivity contribution >= 4 is 5.97 Å². The van der Waals surface area contributed by atoms with Gasteiger partial charge in [0.05, 0.1) is 6.42 Å². The molecule has 0 atom stereocenters. The Balaban J connectivity index is 0.000000686. The van der Waals surface area contributed by atoms with E-state index in [0.717, 1.165) is 11.3 Å². The normalized spacial score (nSPS) is 16.5. The van der Waals surface area contributed by atoms with Gasteiger partial charge in [-0.3, -0.25) is 4.79 Å². The third-order valence-electron chi connectivity index (χ3n) is 2.93. The maximum atomic E-state index is 11.4. The second-order valence-electron chi connectivity index (χ2n) is 4.99. The van der Waals surface area contributed by atoms with Crippen molar-refractivity contribution in [3.05, 3.63) is 28.8 Å². The quantitative estimate of drug-likeness (QED) is 0.502. The molecule has 2 heteroatoms. The number of rotatable bonds is 0. The van der Waals surface area contributed by atoms with Gasteiger partial charge in [0.15, 0.2) is 0 Å². The highest BCUT2D eigenvalue weighted by atomic mass is 16.5. The number of esters is 1. The monoisotopic (exact) mass is 234 g/mol. The lowest BCUT2D eigenvalue weighted by Crippen LogP contribution is -2.31. The van der Waals surface area contributed by atoms with Crippen LogP contribution in [0.15, 0.2) is 12.1 Å². The fourth-order valence-electron chi connectivity index (χ4n) is 2.48. The first-order chi connectivity index (χ1) is 7.90. The fourth-order valence-corrected chi connectivity index (χ4v) is 2.48. The molecule has 0 N–H and O–H groups in total. The molecule has 0 spiro atoms. The van der Waals surface area contributed by atoms with Crippen molar-refractivity contribution < 1.29 is 9.53 Å². The summed E-state index contributed by atoms with van der Waals surface area (Å²) in [5.74, 6) is 0.617. The average molecular weight is 234 g/mol. The zero-order chi connectivity index (χ0) is 13.2. The predicted octanol–water partition coefficient (Wildman–Crippen LogP) is 3.92. The summed E-state index contributed by atoms with van der Waals surface area (Å²) < 4.78 is 5.29. The largest absolute Gasteiger partial charge is 0.426 e. The molecule has 1 aromatic carbocycles. The molecule has 0 radical (unpaired) electrons. The summed E-state index contributed by atoms with van der Waals surface area (Å²) in [5.41, 5.74) is 3.41. The van der Waals surface area contributed by atoms with E-state index in [4.69, 9.17) is 4.74 Å². The van der Waals surface area contributed by atoms with E-state index >= 15 is 0 Å². The lowest BCUT2D eigenvalue weighted by molar-refractivity contribution is -0.136. The number of fused-ring (bicyclic) bond motifs is 1. The number of carbonyl (C=O) groups excluding carboxylic acids is 1. The summed E-state index contributed by atoms with van der Waals surface area (Å²) in [7, 11) is 0. The zero-order valence-electron chi connectivity index (χ0n) is 11.7. The molecular weight excluding hydrogens is 212 g/mol. The van der Waals surface area contributed by atoms with Gasteiger partial charge >= 0.3 is 5.97 Å². The van der Waals surface area contributed by atoms with Crippen molar-refractivity contribution in [3.63, 3.8) is 0 Å². The highest BCUT2D eigenvalue weighted by molar-refractivity contribution is 5.78. The van der Waals surface area contributed by atoms with Crippen molar-refractivity contribution in [2.45, 2.75) is 53.4 Å². The third kappa shape index (κ3) is 2.68. The number of aryl methyl sites for hydroxylation is 2. The molecular formula is C15H22O2. The van der Waals surface area contributed by atoms with Crippen LogP contribution >= 0.6 is 0 Å². The number of hydrogen-bond donors (Lipinski definition) is 0. The van der Waals surface area contributed by atoms with Gasteiger partial charge < -0.3 is 4.74 Å². The van der Waals surface area contributed by atoms with Crippen LogP contribution in [0.4, 0.5) is 0 Å². The third-order valence-corrected chi connectivity index (χ3v) is 2.93. The van der Waals surface area contributed by atoms with E-state index in [1.807, 2.05) is 26.8 Å². The molecule has 0 saturated carbocycles. The van der Waals surface area contributed by atoms with Gasteiger partial charge in [0, 0.05) is 11.0 Å². The second-order valence-corrected chi connectivity index (χ2v) is 4.99. The van der Waals surface area contributed by atoms with Crippen molar-refractivity contribution in [2.75, 3.05) is 0 Å². The highest BCUT2D eigenvalue weighted by Gasteiger charge is 2.34.